The standard InChI is InChI=1S/C34H38F3N7S/c1-20-22(3-6-29-27(20)11-25(14-38)44(29)18-32-16-33(17-32,21(32)2)42-24-4-5-24)15-43-9-7-23(8-10-43)41-30-28-12-26(13-34(35,36)37)45-31(28)40-19-39-30/h3,6,11-12,19,21,23-24,42H,4-5,7-10,13,15-18H2,1-2H3,(H,39,40,41)/t21-,32?,33?/m0/s1. The molecule has 4 saturated carbocycles. The van der Waals surface area contributed by atoms with Crippen LogP contribution in [0.1, 0.15) is 67.1 Å². The predicted octanol–water partition coefficient (Wildman–Crippen LogP) is 6.93. The number of benzene rings is 1. The van der Waals surface area contributed by atoms with Crippen LogP contribution in [-0.4, -0.2) is 56.3 Å². The Morgan fingerprint density at radius 3 is 2.53 bits per heavy atom. The van der Waals surface area contributed by atoms with E-state index in [2.05, 4.69) is 68.2 Å². The van der Waals surface area contributed by atoms with Gasteiger partial charge >= 0.3 is 6.18 Å². The fourth-order valence-corrected chi connectivity index (χ4v) is 9.52. The van der Waals surface area contributed by atoms with Gasteiger partial charge in [0.25, 0.3) is 0 Å². The molecular weight excluding hydrogens is 595 g/mol. The lowest BCUT2D eigenvalue weighted by Crippen LogP contribution is -2.81. The minimum absolute atomic E-state index is 0.194. The number of piperidine rings is 1. The molecule has 4 heterocycles. The highest BCUT2D eigenvalue weighted by molar-refractivity contribution is 7.18. The molecule has 2 N–H and O–H groups in total. The van der Waals surface area contributed by atoms with E-state index in [9.17, 15) is 18.4 Å². The van der Waals surface area contributed by atoms with Gasteiger partial charge in [-0.1, -0.05) is 13.0 Å². The number of nitrogens with zero attached hydrogens (tertiary/aromatic N) is 5. The van der Waals surface area contributed by atoms with Crippen molar-refractivity contribution in [3.8, 4) is 6.07 Å². The van der Waals surface area contributed by atoms with Crippen molar-refractivity contribution < 1.29 is 13.2 Å². The van der Waals surface area contributed by atoms with E-state index in [-0.39, 0.29) is 10.9 Å². The molecule has 1 saturated heterocycles. The molecule has 5 fully saturated rings. The van der Waals surface area contributed by atoms with Crippen molar-refractivity contribution in [2.75, 3.05) is 18.4 Å². The Morgan fingerprint density at radius 1 is 1.07 bits per heavy atom. The molecule has 4 aliphatic carbocycles. The normalized spacial score (nSPS) is 27.0. The van der Waals surface area contributed by atoms with Crippen molar-refractivity contribution in [3.63, 3.8) is 0 Å². The summed E-state index contributed by atoms with van der Waals surface area (Å²) in [6, 6.07) is 11.5. The lowest BCUT2D eigenvalue weighted by molar-refractivity contribution is -0.230. The van der Waals surface area contributed by atoms with Gasteiger partial charge in [0.2, 0.25) is 0 Å². The zero-order chi connectivity index (χ0) is 31.1. The molecule has 11 heteroatoms. The Labute approximate surface area is 264 Å². The molecule has 5 aliphatic rings. The van der Waals surface area contributed by atoms with E-state index >= 15 is 0 Å². The molecule has 7 nitrogen and oxygen atoms in total. The number of nitrogens with one attached hydrogen (secondary N) is 2. The smallest absolute Gasteiger partial charge is 0.367 e. The van der Waals surface area contributed by atoms with Crippen LogP contribution < -0.4 is 10.6 Å². The maximum Gasteiger partial charge on any atom is 0.393 e. The van der Waals surface area contributed by atoms with Crippen LogP contribution >= 0.6 is 11.3 Å². The average Bonchev–Trinajstić information content (AvgIpc) is 3.60. The molecule has 1 aromatic carbocycles. The first-order valence-electron chi connectivity index (χ1n) is 16.1. The molecule has 1 aliphatic heterocycles. The lowest BCUT2D eigenvalue weighted by Gasteiger charge is -2.76. The van der Waals surface area contributed by atoms with Crippen LogP contribution in [0.4, 0.5) is 19.0 Å². The van der Waals surface area contributed by atoms with Crippen LogP contribution in [0.5, 0.6) is 0 Å². The van der Waals surface area contributed by atoms with Crippen LogP contribution in [0.2, 0.25) is 0 Å². The van der Waals surface area contributed by atoms with Gasteiger partial charge in [-0.2, -0.15) is 18.4 Å². The van der Waals surface area contributed by atoms with Gasteiger partial charge in [0, 0.05) is 59.6 Å². The van der Waals surface area contributed by atoms with E-state index in [0.717, 1.165) is 62.1 Å². The van der Waals surface area contributed by atoms with Gasteiger partial charge in [-0.15, -0.1) is 11.3 Å². The number of hydrogen-bond acceptors (Lipinski definition) is 7. The van der Waals surface area contributed by atoms with Crippen molar-refractivity contribution in [2.24, 2.45) is 11.3 Å². The first-order chi connectivity index (χ1) is 21.5. The maximum absolute atomic E-state index is 12.9. The van der Waals surface area contributed by atoms with Gasteiger partial charge in [-0.05, 0) is 86.1 Å². The summed E-state index contributed by atoms with van der Waals surface area (Å²) in [5.74, 6) is 1.26. The zero-order valence-electron chi connectivity index (χ0n) is 25.7. The van der Waals surface area contributed by atoms with Crippen molar-refractivity contribution in [3.05, 3.63) is 52.3 Å². The van der Waals surface area contributed by atoms with Crippen LogP contribution in [0, 0.1) is 29.6 Å². The average molecular weight is 634 g/mol. The van der Waals surface area contributed by atoms with Crippen LogP contribution in [0.15, 0.2) is 30.6 Å². The Bertz CT molecular complexity index is 1820. The van der Waals surface area contributed by atoms with Crippen LogP contribution in [0.3, 0.4) is 0 Å². The summed E-state index contributed by atoms with van der Waals surface area (Å²) in [5, 5.41) is 19.3. The van der Waals surface area contributed by atoms with Gasteiger partial charge in [-0.25, -0.2) is 9.97 Å². The number of alkyl halides is 3. The summed E-state index contributed by atoms with van der Waals surface area (Å²) >= 11 is 1.08. The first kappa shape index (κ1) is 29.2. The number of thiophene rings is 1. The number of hydrogen-bond donors (Lipinski definition) is 2. The molecule has 0 radical (unpaired) electrons. The molecule has 0 spiro atoms. The summed E-state index contributed by atoms with van der Waals surface area (Å²) in [4.78, 5) is 11.9. The fourth-order valence-electron chi connectivity index (χ4n) is 8.50. The van der Waals surface area contributed by atoms with E-state index in [0.29, 0.717) is 32.9 Å². The second-order valence-electron chi connectivity index (χ2n) is 14.2. The van der Waals surface area contributed by atoms with E-state index in [1.807, 2.05) is 0 Å². The molecule has 0 unspecified atom stereocenters. The number of fused-ring (bicyclic) bond motifs is 2. The number of halogens is 3. The van der Waals surface area contributed by atoms with E-state index in [1.165, 1.54) is 54.0 Å². The largest absolute Gasteiger partial charge is 0.393 e. The van der Waals surface area contributed by atoms with Gasteiger partial charge in [0.05, 0.1) is 11.8 Å². The number of anilines is 1. The van der Waals surface area contributed by atoms with E-state index in [1.54, 1.807) is 6.07 Å². The summed E-state index contributed by atoms with van der Waals surface area (Å²) in [6.07, 6.45) is 3.14. The Hall–Kier alpha value is -3.20. The zero-order valence-corrected chi connectivity index (χ0v) is 26.5. The monoisotopic (exact) mass is 633 g/mol. The van der Waals surface area contributed by atoms with Crippen molar-refractivity contribution in [2.45, 2.75) is 95.7 Å². The van der Waals surface area contributed by atoms with E-state index in [4.69, 9.17) is 0 Å². The number of aryl methyl sites for hydroxylation is 1. The topological polar surface area (TPSA) is 81.8 Å². The molecule has 2 bridgehead atoms. The highest BCUT2D eigenvalue weighted by Gasteiger charge is 2.73. The number of rotatable bonds is 9. The van der Waals surface area contributed by atoms with Crippen LogP contribution in [-0.2, 0) is 19.5 Å². The van der Waals surface area contributed by atoms with Crippen LogP contribution in [0.25, 0.3) is 21.1 Å². The predicted molar refractivity (Wildman–Crippen MR) is 170 cm³/mol. The summed E-state index contributed by atoms with van der Waals surface area (Å²) < 4.78 is 41.1. The molecule has 45 heavy (non-hydrogen) atoms. The minimum atomic E-state index is -4.25. The molecule has 3 aromatic heterocycles. The highest BCUT2D eigenvalue weighted by atomic mass is 32.1. The summed E-state index contributed by atoms with van der Waals surface area (Å²) in [7, 11) is 0. The Balaban J connectivity index is 0.920. The van der Waals surface area contributed by atoms with Crippen molar-refractivity contribution >= 4 is 38.3 Å². The third-order valence-electron chi connectivity index (χ3n) is 11.3. The second-order valence-corrected chi connectivity index (χ2v) is 15.3. The molecule has 0 amide bonds. The highest BCUT2D eigenvalue weighted by Crippen LogP contribution is 2.72. The molecule has 1 atom stereocenters. The van der Waals surface area contributed by atoms with Gasteiger partial charge < -0.3 is 15.2 Å². The SMILES string of the molecule is Cc1c(CN2CCC(Nc3ncnc4sc(CC(F)(F)F)cc34)CC2)ccc2c1cc(C#N)n2CC12CC(NC3CC3)(C1)[C@H]2C. The fraction of sp³-hybridized carbons (Fsp3) is 0.559. The molecule has 4 aromatic rings. The Morgan fingerprint density at radius 2 is 1.84 bits per heavy atom. The van der Waals surface area contributed by atoms with Gasteiger partial charge in [-0.3, -0.25) is 4.90 Å². The minimum Gasteiger partial charge on any atom is -0.367 e. The summed E-state index contributed by atoms with van der Waals surface area (Å²) in [6.45, 7) is 8.17. The third kappa shape index (κ3) is 5.09. The third-order valence-corrected chi connectivity index (χ3v) is 12.3. The number of nitriles is 1. The quantitative estimate of drug-likeness (QED) is 0.208. The first-order valence-corrected chi connectivity index (χ1v) is 16.9. The van der Waals surface area contributed by atoms with Crippen molar-refractivity contribution in [1.82, 2.24) is 24.8 Å². The van der Waals surface area contributed by atoms with E-state index < -0.39 is 12.6 Å². The second kappa shape index (κ2) is 10.4. The summed E-state index contributed by atoms with van der Waals surface area (Å²) in [5.41, 5.74) is 5.10. The molecular formula is C34H38F3N7S. The number of likely N-dealkylation sites (tertiary alicyclic amines) is 1. The van der Waals surface area contributed by atoms with Gasteiger partial charge in [0.15, 0.2) is 0 Å². The van der Waals surface area contributed by atoms with Crippen molar-refractivity contribution in [1.29, 1.82) is 5.26 Å². The molecule has 236 valence electrons. The lowest BCUT2D eigenvalue weighted by atomic mass is 9.33. The van der Waals surface area contributed by atoms with Gasteiger partial charge in [0.1, 0.15) is 28.7 Å². The molecule has 9 rings (SSSR count). The number of aromatic nitrogens is 3. The Kier molecular flexibility index (Phi) is 6.76. The maximum atomic E-state index is 12.9.